The Balaban J connectivity index is 1.56. The van der Waals surface area contributed by atoms with Gasteiger partial charge in [0.05, 0.1) is 23.5 Å². The molecular weight excluding hydrogens is 418 g/mol. The molecular formula is C25H31N5OS. The van der Waals surface area contributed by atoms with Crippen LogP contribution in [0.1, 0.15) is 56.0 Å². The molecule has 0 bridgehead atoms. The van der Waals surface area contributed by atoms with E-state index in [0.717, 1.165) is 66.0 Å². The van der Waals surface area contributed by atoms with Crippen molar-refractivity contribution in [1.82, 2.24) is 9.88 Å². The molecule has 3 heterocycles. The molecule has 4 rings (SSSR count). The van der Waals surface area contributed by atoms with Gasteiger partial charge in [0, 0.05) is 43.9 Å². The lowest BCUT2D eigenvalue weighted by atomic mass is 9.86. The Morgan fingerprint density at radius 2 is 1.84 bits per heavy atom. The number of pyridine rings is 1. The van der Waals surface area contributed by atoms with Crippen LogP contribution >= 0.6 is 12.2 Å². The molecule has 32 heavy (non-hydrogen) atoms. The van der Waals surface area contributed by atoms with Crippen LogP contribution in [0.2, 0.25) is 0 Å². The van der Waals surface area contributed by atoms with E-state index in [0.29, 0.717) is 12.2 Å². The summed E-state index contributed by atoms with van der Waals surface area (Å²) in [7, 11) is 0. The molecule has 0 amide bonds. The van der Waals surface area contributed by atoms with Gasteiger partial charge in [-0.05, 0) is 49.7 Å². The molecule has 1 fully saturated rings. The van der Waals surface area contributed by atoms with Gasteiger partial charge in [-0.3, -0.25) is 0 Å². The third-order valence-electron chi connectivity index (χ3n) is 6.19. The van der Waals surface area contributed by atoms with Gasteiger partial charge < -0.3 is 19.9 Å². The molecule has 6 nitrogen and oxygen atoms in total. The maximum atomic E-state index is 10.1. The fraction of sp³-hybridized carbons (Fsp3) is 0.480. The Kier molecular flexibility index (Phi) is 6.36. The standard InChI is InChI=1S/C25H31N5OS/c1-17(2)22-21-16-31-25(3,4)14-19(21)20(15-26)23(28-22)29-10-12-30(13-11-29)24(32)27-18-8-6-5-7-9-18/h5-9,17H,10-14,16H2,1-4H3,(H,27,32). The molecule has 0 atom stereocenters. The number of rotatable bonds is 3. The normalized spacial score (nSPS) is 17.6. The van der Waals surface area contributed by atoms with Gasteiger partial charge in [-0.2, -0.15) is 5.26 Å². The number of fused-ring (bicyclic) bond motifs is 1. The number of piperazine rings is 1. The molecule has 0 aliphatic carbocycles. The Labute approximate surface area is 196 Å². The van der Waals surface area contributed by atoms with Gasteiger partial charge in [0.25, 0.3) is 0 Å². The number of hydrogen-bond donors (Lipinski definition) is 1. The van der Waals surface area contributed by atoms with E-state index in [1.54, 1.807) is 0 Å². The minimum absolute atomic E-state index is 0.268. The number of hydrogen-bond acceptors (Lipinski definition) is 5. The van der Waals surface area contributed by atoms with Crippen molar-refractivity contribution >= 4 is 28.8 Å². The van der Waals surface area contributed by atoms with E-state index in [1.165, 1.54) is 0 Å². The number of benzene rings is 1. The number of nitrogens with one attached hydrogen (secondary N) is 1. The number of para-hydroxylation sites is 1. The summed E-state index contributed by atoms with van der Waals surface area (Å²) in [5.74, 6) is 1.08. The van der Waals surface area contributed by atoms with Gasteiger partial charge in [0.15, 0.2) is 5.11 Å². The number of thiocarbonyl (C=S) groups is 1. The van der Waals surface area contributed by atoms with Crippen molar-refractivity contribution in [2.75, 3.05) is 36.4 Å². The SMILES string of the molecule is CC(C)c1nc(N2CCN(C(=S)Nc3ccccc3)CC2)c(C#N)c2c1COC(C)(C)C2. The number of nitriles is 1. The highest BCUT2D eigenvalue weighted by atomic mass is 32.1. The van der Waals surface area contributed by atoms with E-state index >= 15 is 0 Å². The second kappa shape index (κ2) is 9.05. The second-order valence-electron chi connectivity index (χ2n) is 9.41. The molecule has 1 aromatic heterocycles. The number of ether oxygens (including phenoxy) is 1. The Morgan fingerprint density at radius 1 is 1.16 bits per heavy atom. The van der Waals surface area contributed by atoms with Crippen molar-refractivity contribution in [2.45, 2.75) is 52.2 Å². The predicted molar refractivity (Wildman–Crippen MR) is 132 cm³/mol. The fourth-order valence-electron chi connectivity index (χ4n) is 4.45. The molecule has 0 spiro atoms. The quantitative estimate of drug-likeness (QED) is 0.695. The van der Waals surface area contributed by atoms with Gasteiger partial charge in [-0.25, -0.2) is 4.98 Å². The van der Waals surface area contributed by atoms with Crippen LogP contribution in [0.15, 0.2) is 30.3 Å². The first-order chi connectivity index (χ1) is 15.3. The smallest absolute Gasteiger partial charge is 0.173 e. The van der Waals surface area contributed by atoms with E-state index in [1.807, 2.05) is 30.3 Å². The van der Waals surface area contributed by atoms with Crippen LogP contribution in [0, 0.1) is 11.3 Å². The molecule has 1 N–H and O–H groups in total. The van der Waals surface area contributed by atoms with Crippen LogP contribution in [-0.2, 0) is 17.8 Å². The summed E-state index contributed by atoms with van der Waals surface area (Å²) in [5.41, 5.74) is 4.69. The third kappa shape index (κ3) is 4.57. The lowest BCUT2D eigenvalue weighted by molar-refractivity contribution is -0.0408. The zero-order valence-corrected chi connectivity index (χ0v) is 20.1. The molecule has 2 aliphatic rings. The highest BCUT2D eigenvalue weighted by Crippen LogP contribution is 2.37. The first-order valence-corrected chi connectivity index (χ1v) is 11.7. The van der Waals surface area contributed by atoms with Gasteiger partial charge in [-0.1, -0.05) is 32.0 Å². The number of anilines is 2. The van der Waals surface area contributed by atoms with E-state index in [9.17, 15) is 5.26 Å². The molecule has 1 aromatic carbocycles. The van der Waals surface area contributed by atoms with Crippen molar-refractivity contribution in [2.24, 2.45) is 0 Å². The minimum Gasteiger partial charge on any atom is -0.370 e. The average Bonchev–Trinajstić information content (AvgIpc) is 2.78. The highest BCUT2D eigenvalue weighted by molar-refractivity contribution is 7.80. The molecule has 0 saturated carbocycles. The number of nitrogens with zero attached hydrogens (tertiary/aromatic N) is 4. The lowest BCUT2D eigenvalue weighted by Crippen LogP contribution is -2.50. The van der Waals surface area contributed by atoms with Crippen molar-refractivity contribution in [1.29, 1.82) is 5.26 Å². The summed E-state index contributed by atoms with van der Waals surface area (Å²) in [4.78, 5) is 9.45. The van der Waals surface area contributed by atoms with Crippen molar-refractivity contribution in [3.8, 4) is 6.07 Å². The summed E-state index contributed by atoms with van der Waals surface area (Å²) in [6.45, 7) is 12.1. The van der Waals surface area contributed by atoms with Crippen molar-refractivity contribution in [3.05, 3.63) is 52.7 Å². The molecule has 1 saturated heterocycles. The monoisotopic (exact) mass is 449 g/mol. The summed E-state index contributed by atoms with van der Waals surface area (Å²) >= 11 is 5.63. The molecule has 7 heteroatoms. The third-order valence-corrected chi connectivity index (χ3v) is 6.55. The molecule has 168 valence electrons. The van der Waals surface area contributed by atoms with Crippen LogP contribution in [0.25, 0.3) is 0 Å². The van der Waals surface area contributed by atoms with Gasteiger partial charge in [0.2, 0.25) is 0 Å². The predicted octanol–water partition coefficient (Wildman–Crippen LogP) is 4.45. The Morgan fingerprint density at radius 3 is 2.47 bits per heavy atom. The first kappa shape index (κ1) is 22.5. The zero-order chi connectivity index (χ0) is 22.9. The maximum absolute atomic E-state index is 10.1. The highest BCUT2D eigenvalue weighted by Gasteiger charge is 2.34. The molecule has 0 unspecified atom stereocenters. The van der Waals surface area contributed by atoms with Crippen LogP contribution in [0.4, 0.5) is 11.5 Å². The van der Waals surface area contributed by atoms with E-state index < -0.39 is 0 Å². The largest absolute Gasteiger partial charge is 0.370 e. The summed E-state index contributed by atoms with van der Waals surface area (Å²) < 4.78 is 6.07. The lowest BCUT2D eigenvalue weighted by Gasteiger charge is -2.39. The fourth-order valence-corrected chi connectivity index (χ4v) is 4.75. The van der Waals surface area contributed by atoms with Crippen LogP contribution in [0.3, 0.4) is 0 Å². The molecule has 2 aliphatic heterocycles. The van der Waals surface area contributed by atoms with Gasteiger partial charge in [-0.15, -0.1) is 0 Å². The van der Waals surface area contributed by atoms with Gasteiger partial charge in [0.1, 0.15) is 11.9 Å². The topological polar surface area (TPSA) is 64.4 Å². The number of aromatic nitrogens is 1. The van der Waals surface area contributed by atoms with Crippen molar-refractivity contribution < 1.29 is 4.74 Å². The van der Waals surface area contributed by atoms with Gasteiger partial charge >= 0.3 is 0 Å². The summed E-state index contributed by atoms with van der Waals surface area (Å²) in [6.07, 6.45) is 0.728. The molecule has 2 aromatic rings. The molecule has 0 radical (unpaired) electrons. The Bertz CT molecular complexity index is 1040. The van der Waals surface area contributed by atoms with E-state index in [4.69, 9.17) is 21.9 Å². The summed E-state index contributed by atoms with van der Waals surface area (Å²) in [6, 6.07) is 12.5. The van der Waals surface area contributed by atoms with Crippen LogP contribution < -0.4 is 10.2 Å². The summed E-state index contributed by atoms with van der Waals surface area (Å²) in [5, 5.41) is 14.2. The van der Waals surface area contributed by atoms with E-state index in [2.05, 4.69) is 48.9 Å². The van der Waals surface area contributed by atoms with Crippen LogP contribution in [-0.4, -0.2) is 46.8 Å². The van der Waals surface area contributed by atoms with E-state index in [-0.39, 0.29) is 11.5 Å². The second-order valence-corrected chi connectivity index (χ2v) is 9.80. The minimum atomic E-state index is -0.278. The van der Waals surface area contributed by atoms with Crippen molar-refractivity contribution in [3.63, 3.8) is 0 Å². The zero-order valence-electron chi connectivity index (χ0n) is 19.3. The maximum Gasteiger partial charge on any atom is 0.173 e. The average molecular weight is 450 g/mol. The Hall–Kier alpha value is -2.69. The van der Waals surface area contributed by atoms with Crippen LogP contribution in [0.5, 0.6) is 0 Å². The first-order valence-electron chi connectivity index (χ1n) is 11.2.